The molecular formula is C15H20N2O3. The van der Waals surface area contributed by atoms with Crippen LogP contribution in [0.2, 0.25) is 0 Å². The smallest absolute Gasteiger partial charge is 0.224 e. The van der Waals surface area contributed by atoms with E-state index < -0.39 is 0 Å². The van der Waals surface area contributed by atoms with Crippen LogP contribution in [-0.2, 0) is 4.79 Å². The highest BCUT2D eigenvalue weighted by atomic mass is 16.3. The molecule has 1 aromatic carbocycles. The molecule has 0 spiro atoms. The number of ketones is 1. The van der Waals surface area contributed by atoms with E-state index in [4.69, 9.17) is 0 Å². The summed E-state index contributed by atoms with van der Waals surface area (Å²) in [5.41, 5.74) is 0.588. The second kappa shape index (κ2) is 6.52. The maximum absolute atomic E-state index is 12.1. The summed E-state index contributed by atoms with van der Waals surface area (Å²) < 4.78 is 0. The Labute approximate surface area is 118 Å². The van der Waals surface area contributed by atoms with E-state index in [9.17, 15) is 14.7 Å². The Kier molecular flexibility index (Phi) is 4.74. The van der Waals surface area contributed by atoms with E-state index in [0.717, 1.165) is 19.4 Å². The van der Waals surface area contributed by atoms with Crippen molar-refractivity contribution in [2.75, 3.05) is 26.7 Å². The lowest BCUT2D eigenvalue weighted by Gasteiger charge is -2.31. The predicted molar refractivity (Wildman–Crippen MR) is 75.7 cm³/mol. The SMILES string of the molecule is CNC(=O)C1CCCN(CC(=O)c2ccc(O)cc2)C1. The van der Waals surface area contributed by atoms with Crippen molar-refractivity contribution in [2.45, 2.75) is 12.8 Å². The molecule has 1 heterocycles. The highest BCUT2D eigenvalue weighted by molar-refractivity contribution is 5.97. The highest BCUT2D eigenvalue weighted by Gasteiger charge is 2.26. The van der Waals surface area contributed by atoms with Crippen LogP contribution in [0.1, 0.15) is 23.2 Å². The number of benzene rings is 1. The summed E-state index contributed by atoms with van der Waals surface area (Å²) in [5.74, 6) is 0.190. The molecule has 0 aliphatic carbocycles. The minimum absolute atomic E-state index is 0.0163. The van der Waals surface area contributed by atoms with Crippen molar-refractivity contribution in [1.29, 1.82) is 0 Å². The fourth-order valence-corrected chi connectivity index (χ4v) is 2.56. The summed E-state index contributed by atoms with van der Waals surface area (Å²) in [4.78, 5) is 25.8. The molecule has 1 atom stereocenters. The van der Waals surface area contributed by atoms with Gasteiger partial charge in [-0.15, -0.1) is 0 Å². The second-order valence-electron chi connectivity index (χ2n) is 5.16. The summed E-state index contributed by atoms with van der Waals surface area (Å²) in [6.07, 6.45) is 1.81. The Bertz CT molecular complexity index is 484. The van der Waals surface area contributed by atoms with E-state index in [-0.39, 0.29) is 23.4 Å². The number of phenols is 1. The van der Waals surface area contributed by atoms with Gasteiger partial charge in [0.15, 0.2) is 5.78 Å². The number of piperidine rings is 1. The molecule has 0 bridgehead atoms. The number of likely N-dealkylation sites (tertiary alicyclic amines) is 1. The third-order valence-electron chi connectivity index (χ3n) is 3.68. The van der Waals surface area contributed by atoms with Gasteiger partial charge in [-0.05, 0) is 43.7 Å². The Morgan fingerprint density at radius 2 is 2.05 bits per heavy atom. The number of carbonyl (C=O) groups is 2. The lowest BCUT2D eigenvalue weighted by atomic mass is 9.96. The van der Waals surface area contributed by atoms with Gasteiger partial charge in [-0.2, -0.15) is 0 Å². The summed E-state index contributed by atoms with van der Waals surface area (Å²) >= 11 is 0. The first-order valence-corrected chi connectivity index (χ1v) is 6.86. The van der Waals surface area contributed by atoms with Gasteiger partial charge >= 0.3 is 0 Å². The van der Waals surface area contributed by atoms with E-state index >= 15 is 0 Å². The van der Waals surface area contributed by atoms with Crippen molar-refractivity contribution < 1.29 is 14.7 Å². The zero-order chi connectivity index (χ0) is 14.5. The molecule has 5 heteroatoms. The Balaban J connectivity index is 1.94. The fourth-order valence-electron chi connectivity index (χ4n) is 2.56. The van der Waals surface area contributed by atoms with Crippen LogP contribution in [0, 0.1) is 5.92 Å². The van der Waals surface area contributed by atoms with Gasteiger partial charge in [0.05, 0.1) is 12.5 Å². The number of nitrogens with one attached hydrogen (secondary N) is 1. The molecular weight excluding hydrogens is 256 g/mol. The molecule has 2 rings (SSSR count). The number of carbonyl (C=O) groups excluding carboxylic acids is 2. The maximum Gasteiger partial charge on any atom is 0.224 e. The van der Waals surface area contributed by atoms with Crippen LogP contribution in [0.25, 0.3) is 0 Å². The van der Waals surface area contributed by atoms with Crippen molar-refractivity contribution in [3.63, 3.8) is 0 Å². The van der Waals surface area contributed by atoms with E-state index in [2.05, 4.69) is 5.32 Å². The number of Topliss-reactive ketones (excluding diaryl/α,β-unsaturated/α-hetero) is 1. The predicted octanol–water partition coefficient (Wildman–Crippen LogP) is 1.03. The standard InChI is InChI=1S/C15H20N2O3/c1-16-15(20)12-3-2-8-17(9-12)10-14(19)11-4-6-13(18)7-5-11/h4-7,12,18H,2-3,8-10H2,1H3,(H,16,20). The first kappa shape index (κ1) is 14.5. The molecule has 1 amide bonds. The zero-order valence-electron chi connectivity index (χ0n) is 11.6. The largest absolute Gasteiger partial charge is 0.508 e. The van der Waals surface area contributed by atoms with Crippen LogP contribution >= 0.6 is 0 Å². The number of rotatable bonds is 4. The van der Waals surface area contributed by atoms with Gasteiger partial charge in [-0.25, -0.2) is 0 Å². The van der Waals surface area contributed by atoms with Gasteiger partial charge in [0.2, 0.25) is 5.91 Å². The van der Waals surface area contributed by atoms with Gasteiger partial charge < -0.3 is 10.4 Å². The fraction of sp³-hybridized carbons (Fsp3) is 0.467. The average Bonchev–Trinajstić information content (AvgIpc) is 2.47. The number of nitrogens with zero attached hydrogens (tertiary/aromatic N) is 1. The molecule has 1 unspecified atom stereocenters. The highest BCUT2D eigenvalue weighted by Crippen LogP contribution is 2.17. The van der Waals surface area contributed by atoms with Crippen LogP contribution < -0.4 is 5.32 Å². The van der Waals surface area contributed by atoms with E-state index in [1.54, 1.807) is 19.2 Å². The maximum atomic E-state index is 12.1. The number of hydrogen-bond donors (Lipinski definition) is 2. The summed E-state index contributed by atoms with van der Waals surface area (Å²) in [5, 5.41) is 11.9. The Morgan fingerprint density at radius 1 is 1.35 bits per heavy atom. The minimum Gasteiger partial charge on any atom is -0.508 e. The molecule has 1 saturated heterocycles. The molecule has 0 aromatic heterocycles. The van der Waals surface area contributed by atoms with Gasteiger partial charge in [0.25, 0.3) is 0 Å². The van der Waals surface area contributed by atoms with Crippen molar-refractivity contribution in [2.24, 2.45) is 5.92 Å². The van der Waals surface area contributed by atoms with Crippen LogP contribution in [-0.4, -0.2) is 48.4 Å². The lowest BCUT2D eigenvalue weighted by Crippen LogP contribution is -2.44. The van der Waals surface area contributed by atoms with Gasteiger partial charge in [0.1, 0.15) is 5.75 Å². The Hall–Kier alpha value is -1.88. The quantitative estimate of drug-likeness (QED) is 0.806. The summed E-state index contributed by atoms with van der Waals surface area (Å²) in [6.45, 7) is 1.79. The van der Waals surface area contributed by atoms with Crippen LogP contribution in [0.15, 0.2) is 24.3 Å². The third-order valence-corrected chi connectivity index (χ3v) is 3.68. The van der Waals surface area contributed by atoms with Gasteiger partial charge in [0, 0.05) is 19.2 Å². The molecule has 1 aliphatic heterocycles. The zero-order valence-corrected chi connectivity index (χ0v) is 11.6. The third kappa shape index (κ3) is 3.57. The van der Waals surface area contributed by atoms with E-state index in [0.29, 0.717) is 18.7 Å². The summed E-state index contributed by atoms with van der Waals surface area (Å²) in [6, 6.07) is 6.27. The minimum atomic E-state index is -0.0265. The molecule has 0 radical (unpaired) electrons. The monoisotopic (exact) mass is 276 g/mol. The number of hydrogen-bond acceptors (Lipinski definition) is 4. The normalized spacial score (nSPS) is 19.6. The molecule has 108 valence electrons. The van der Waals surface area contributed by atoms with Crippen LogP contribution in [0.3, 0.4) is 0 Å². The van der Waals surface area contributed by atoms with E-state index in [1.807, 2.05) is 4.90 Å². The molecule has 5 nitrogen and oxygen atoms in total. The number of aromatic hydroxyl groups is 1. The number of amides is 1. The molecule has 1 aromatic rings. The van der Waals surface area contributed by atoms with Crippen molar-refractivity contribution in [3.05, 3.63) is 29.8 Å². The molecule has 2 N–H and O–H groups in total. The van der Waals surface area contributed by atoms with Crippen molar-refractivity contribution in [3.8, 4) is 5.75 Å². The van der Waals surface area contributed by atoms with Crippen molar-refractivity contribution in [1.82, 2.24) is 10.2 Å². The molecule has 1 aliphatic rings. The van der Waals surface area contributed by atoms with Crippen molar-refractivity contribution >= 4 is 11.7 Å². The topological polar surface area (TPSA) is 69.6 Å². The molecule has 0 saturated carbocycles. The van der Waals surface area contributed by atoms with Crippen LogP contribution in [0.4, 0.5) is 0 Å². The van der Waals surface area contributed by atoms with Crippen LogP contribution in [0.5, 0.6) is 5.75 Å². The van der Waals surface area contributed by atoms with E-state index in [1.165, 1.54) is 12.1 Å². The summed E-state index contributed by atoms with van der Waals surface area (Å²) in [7, 11) is 1.64. The second-order valence-corrected chi connectivity index (χ2v) is 5.16. The molecule has 20 heavy (non-hydrogen) atoms. The first-order chi connectivity index (χ1) is 9.60. The first-order valence-electron chi connectivity index (χ1n) is 6.86. The molecule has 1 fully saturated rings. The average molecular weight is 276 g/mol. The van der Waals surface area contributed by atoms with Gasteiger partial charge in [-0.3, -0.25) is 14.5 Å². The lowest BCUT2D eigenvalue weighted by molar-refractivity contribution is -0.126. The van der Waals surface area contributed by atoms with Gasteiger partial charge in [-0.1, -0.05) is 0 Å². The Morgan fingerprint density at radius 3 is 2.70 bits per heavy atom. The number of phenolic OH excluding ortho intramolecular Hbond substituents is 1.